The maximum absolute atomic E-state index is 4.78. The van der Waals surface area contributed by atoms with E-state index in [1.165, 1.54) is 94.1 Å². The van der Waals surface area contributed by atoms with Crippen molar-refractivity contribution in [1.82, 2.24) is 14.5 Å². The van der Waals surface area contributed by atoms with Gasteiger partial charge in [0.2, 0.25) is 0 Å². The van der Waals surface area contributed by atoms with E-state index in [9.17, 15) is 0 Å². The van der Waals surface area contributed by atoms with Crippen LogP contribution in [-0.4, -0.2) is 14.5 Å². The molecule has 0 bridgehead atoms. The molecule has 0 atom stereocenters. The predicted molar refractivity (Wildman–Crippen MR) is 287 cm³/mol. The van der Waals surface area contributed by atoms with E-state index < -0.39 is 0 Å². The van der Waals surface area contributed by atoms with Gasteiger partial charge in [-0.2, -0.15) is 0 Å². The summed E-state index contributed by atoms with van der Waals surface area (Å²) in [7, 11) is 0. The topological polar surface area (TPSA) is 30.7 Å². The highest BCUT2D eigenvalue weighted by atomic mass is 79.9. The second kappa shape index (κ2) is 17.1. The van der Waals surface area contributed by atoms with Crippen LogP contribution in [0.4, 0.5) is 0 Å². The van der Waals surface area contributed by atoms with Crippen molar-refractivity contribution < 1.29 is 0 Å². The highest BCUT2D eigenvalue weighted by Gasteiger charge is 2.25. The number of aromatic nitrogens is 3. The van der Waals surface area contributed by atoms with Crippen LogP contribution >= 0.6 is 31.9 Å². The lowest BCUT2D eigenvalue weighted by Gasteiger charge is -2.25. The number of halogens is 2. The Morgan fingerprint density at radius 3 is 1.73 bits per heavy atom. The molecule has 66 heavy (non-hydrogen) atoms. The van der Waals surface area contributed by atoms with E-state index in [0.717, 1.165) is 42.7 Å². The lowest BCUT2D eigenvalue weighted by molar-refractivity contribution is 0.589. The fourth-order valence-corrected chi connectivity index (χ4v) is 10.9. The Morgan fingerprint density at radius 2 is 1.06 bits per heavy atom. The van der Waals surface area contributed by atoms with Gasteiger partial charge in [-0.05, 0) is 197 Å². The number of hydrogen-bond donors (Lipinski definition) is 0. The molecule has 3 heterocycles. The summed E-state index contributed by atoms with van der Waals surface area (Å²) < 4.78 is 4.52. The third-order valence-corrected chi connectivity index (χ3v) is 14.8. The van der Waals surface area contributed by atoms with Crippen molar-refractivity contribution in [2.24, 2.45) is 0 Å². The van der Waals surface area contributed by atoms with Crippen LogP contribution in [0.5, 0.6) is 0 Å². The fourth-order valence-electron chi connectivity index (χ4n) is 9.99. The molecule has 10 rings (SSSR count). The molecule has 0 aliphatic carbocycles. The Labute approximate surface area is 405 Å². The van der Waals surface area contributed by atoms with Crippen molar-refractivity contribution in [2.75, 3.05) is 0 Å². The smallest absolute Gasteiger partial charge is 0.0705 e. The van der Waals surface area contributed by atoms with Crippen LogP contribution in [0.1, 0.15) is 54.2 Å². The first-order chi connectivity index (χ1) is 31.8. The van der Waals surface area contributed by atoms with E-state index in [2.05, 4.69) is 237 Å². The van der Waals surface area contributed by atoms with E-state index in [-0.39, 0.29) is 5.41 Å². The molecule has 5 heteroatoms. The lowest BCUT2D eigenvalue weighted by Crippen LogP contribution is -2.11. The van der Waals surface area contributed by atoms with Crippen LogP contribution in [0, 0.1) is 34.6 Å². The first-order valence-electron chi connectivity index (χ1n) is 22.6. The maximum Gasteiger partial charge on any atom is 0.0705 e. The molecule has 0 fully saturated rings. The highest BCUT2D eigenvalue weighted by molar-refractivity contribution is 9.10. The van der Waals surface area contributed by atoms with Gasteiger partial charge in [-0.25, -0.2) is 0 Å². The summed E-state index contributed by atoms with van der Waals surface area (Å²) in [5.41, 5.74) is 25.0. The van der Waals surface area contributed by atoms with Crippen molar-refractivity contribution in [3.8, 4) is 72.7 Å². The van der Waals surface area contributed by atoms with Gasteiger partial charge in [0.15, 0.2) is 0 Å². The second-order valence-electron chi connectivity index (χ2n) is 18.7. The van der Waals surface area contributed by atoms with Gasteiger partial charge >= 0.3 is 0 Å². The van der Waals surface area contributed by atoms with Crippen LogP contribution in [-0.2, 0) is 5.41 Å². The molecule has 0 saturated heterocycles. The molecular formula is C61H51Br2N3. The Balaban J connectivity index is 1.18. The first-order valence-corrected chi connectivity index (χ1v) is 24.2. The fraction of sp³-hybridized carbons (Fsp3) is 0.148. The third kappa shape index (κ3) is 7.62. The number of benzene rings is 7. The average Bonchev–Trinajstić information content (AvgIpc) is 3.63. The molecule has 0 N–H and O–H groups in total. The van der Waals surface area contributed by atoms with Gasteiger partial charge in [-0.3, -0.25) is 9.97 Å². The van der Waals surface area contributed by atoms with Gasteiger partial charge in [0, 0.05) is 48.9 Å². The summed E-state index contributed by atoms with van der Waals surface area (Å²) >= 11 is 7.87. The highest BCUT2D eigenvalue weighted by Crippen LogP contribution is 2.48. The summed E-state index contributed by atoms with van der Waals surface area (Å²) in [6.45, 7) is 18.2. The van der Waals surface area contributed by atoms with Gasteiger partial charge in [-0.15, -0.1) is 0 Å². The minimum Gasteiger partial charge on any atom is -0.309 e. The SMILES string of the molecule is Cc1cc(-c2ccccn2)ccc1-c1cc2c(cc1-c1c(C)c(C)c(-c3ccccc3-c3ccc(-c4cc(C(C)(C)C)ccn4)cc3Br)c(C)c1C)c1cc(Br)ccc1n2-c1ccccc1. The Hall–Kier alpha value is -6.40. The molecule has 7 aromatic carbocycles. The molecule has 0 aliphatic heterocycles. The predicted octanol–water partition coefficient (Wildman–Crippen LogP) is 17.9. The van der Waals surface area contributed by atoms with Gasteiger partial charge in [0.1, 0.15) is 0 Å². The van der Waals surface area contributed by atoms with Crippen LogP contribution in [0.25, 0.3) is 94.5 Å². The number of nitrogens with zero attached hydrogens (tertiary/aromatic N) is 3. The number of fused-ring (bicyclic) bond motifs is 3. The summed E-state index contributed by atoms with van der Waals surface area (Å²) in [6, 6.07) is 55.1. The quantitative estimate of drug-likeness (QED) is 0.159. The molecule has 0 amide bonds. The molecule has 3 aromatic heterocycles. The van der Waals surface area contributed by atoms with E-state index in [0.29, 0.717) is 0 Å². The molecule has 0 aliphatic rings. The van der Waals surface area contributed by atoms with Gasteiger partial charge in [-0.1, -0.05) is 125 Å². The number of hydrogen-bond acceptors (Lipinski definition) is 2. The van der Waals surface area contributed by atoms with Crippen molar-refractivity contribution in [2.45, 2.75) is 60.8 Å². The molecular weight excluding hydrogens is 934 g/mol. The summed E-state index contributed by atoms with van der Waals surface area (Å²) in [6.07, 6.45) is 3.79. The van der Waals surface area contributed by atoms with Gasteiger partial charge < -0.3 is 4.57 Å². The molecule has 0 radical (unpaired) electrons. The zero-order chi connectivity index (χ0) is 46.0. The molecule has 324 valence electrons. The van der Waals surface area contributed by atoms with E-state index in [1.807, 2.05) is 18.5 Å². The van der Waals surface area contributed by atoms with Crippen LogP contribution < -0.4 is 0 Å². The van der Waals surface area contributed by atoms with E-state index in [4.69, 9.17) is 9.97 Å². The zero-order valence-corrected chi connectivity index (χ0v) is 41.9. The van der Waals surface area contributed by atoms with Crippen molar-refractivity contribution in [3.05, 3.63) is 206 Å². The standard InChI is InChI=1S/C61H51Br2N3/c1-36-30-41(55-20-14-15-28-64-55)21-24-46(36)50-35-58-52(51-33-44(62)23-26-57(51)66(58)45-16-10-9-11-17-45)34-53(50)60-39(4)37(2)59(38(3)40(60)5)49-19-13-12-18-47(49)48-25-22-42(31-54(48)63)56-32-43(27-29-65-56)61(6,7)8/h9-35H,1-8H3. The Kier molecular flexibility index (Phi) is 11.3. The monoisotopic (exact) mass is 983 g/mol. The summed E-state index contributed by atoms with van der Waals surface area (Å²) in [4.78, 5) is 9.47. The zero-order valence-electron chi connectivity index (χ0n) is 38.7. The van der Waals surface area contributed by atoms with Gasteiger partial charge in [0.25, 0.3) is 0 Å². The molecule has 10 aromatic rings. The Morgan fingerprint density at radius 1 is 0.439 bits per heavy atom. The van der Waals surface area contributed by atoms with Crippen molar-refractivity contribution >= 4 is 53.7 Å². The Bertz CT molecular complexity index is 3490. The summed E-state index contributed by atoms with van der Waals surface area (Å²) in [5, 5.41) is 2.43. The third-order valence-electron chi connectivity index (χ3n) is 13.6. The maximum atomic E-state index is 4.78. The minimum absolute atomic E-state index is 0.0366. The lowest BCUT2D eigenvalue weighted by atomic mass is 9.79. The van der Waals surface area contributed by atoms with Gasteiger partial charge in [0.05, 0.1) is 22.4 Å². The number of para-hydroxylation sites is 1. The van der Waals surface area contributed by atoms with Crippen LogP contribution in [0.2, 0.25) is 0 Å². The molecule has 0 unspecified atom stereocenters. The number of pyridine rings is 2. The van der Waals surface area contributed by atoms with Crippen LogP contribution in [0.3, 0.4) is 0 Å². The van der Waals surface area contributed by atoms with Crippen molar-refractivity contribution in [1.29, 1.82) is 0 Å². The van der Waals surface area contributed by atoms with E-state index >= 15 is 0 Å². The van der Waals surface area contributed by atoms with Crippen LogP contribution in [0.15, 0.2) is 173 Å². The van der Waals surface area contributed by atoms with Crippen molar-refractivity contribution in [3.63, 3.8) is 0 Å². The largest absolute Gasteiger partial charge is 0.309 e. The first kappa shape index (κ1) is 43.5. The van der Waals surface area contributed by atoms with E-state index in [1.54, 1.807) is 0 Å². The summed E-state index contributed by atoms with van der Waals surface area (Å²) in [5.74, 6) is 0. The molecule has 0 saturated carbocycles. The molecule has 3 nitrogen and oxygen atoms in total. The number of rotatable bonds is 7. The second-order valence-corrected chi connectivity index (χ2v) is 20.4. The number of aryl methyl sites for hydroxylation is 1. The minimum atomic E-state index is 0.0366. The molecule has 0 spiro atoms. The normalized spacial score (nSPS) is 11.8. The average molecular weight is 986 g/mol.